The molecular weight excluding hydrogens is 200 g/mol. The average Bonchev–Trinajstić information content (AvgIpc) is 2.53. The van der Waals surface area contributed by atoms with Crippen molar-refractivity contribution in [1.82, 2.24) is 10.2 Å². The van der Waals surface area contributed by atoms with Gasteiger partial charge in [0.15, 0.2) is 0 Å². The van der Waals surface area contributed by atoms with E-state index in [4.69, 9.17) is 12.2 Å². The molecule has 66 valence electrons. The minimum Gasteiger partial charge on any atom is -0.267 e. The van der Waals surface area contributed by atoms with Crippen molar-refractivity contribution in [3.05, 3.63) is 33.8 Å². The maximum Gasteiger partial charge on any atom is 0.119 e. The largest absolute Gasteiger partial charge is 0.267 e. The number of hydrogen-bond donors (Lipinski definition) is 1. The molecule has 13 heavy (non-hydrogen) atoms. The topological polar surface area (TPSA) is 28.7 Å². The highest BCUT2D eigenvalue weighted by molar-refractivity contribution is 7.71. The van der Waals surface area contributed by atoms with Gasteiger partial charge >= 0.3 is 0 Å². The zero-order valence-electron chi connectivity index (χ0n) is 7.07. The summed E-state index contributed by atoms with van der Waals surface area (Å²) in [5, 5.41) is 6.92. The third-order valence-corrected chi connectivity index (χ3v) is 2.92. The summed E-state index contributed by atoms with van der Waals surface area (Å²) in [5.41, 5.74) is 0.951. The molecule has 2 nitrogen and oxygen atoms in total. The van der Waals surface area contributed by atoms with Gasteiger partial charge < -0.3 is 0 Å². The van der Waals surface area contributed by atoms with Crippen LogP contribution in [0.3, 0.4) is 0 Å². The van der Waals surface area contributed by atoms with Gasteiger partial charge in [0.2, 0.25) is 0 Å². The minimum atomic E-state index is 0.664. The number of rotatable bonds is 1. The van der Waals surface area contributed by atoms with Gasteiger partial charge in [0.05, 0.1) is 4.88 Å². The van der Waals surface area contributed by atoms with E-state index >= 15 is 0 Å². The molecule has 0 aromatic carbocycles. The highest BCUT2D eigenvalue weighted by Gasteiger charge is 2.00. The van der Waals surface area contributed by atoms with Crippen molar-refractivity contribution in [2.24, 2.45) is 0 Å². The number of aromatic amines is 1. The van der Waals surface area contributed by atoms with E-state index in [-0.39, 0.29) is 0 Å². The Hall–Kier alpha value is -1.00. The van der Waals surface area contributed by atoms with Crippen molar-refractivity contribution in [1.29, 1.82) is 0 Å². The van der Waals surface area contributed by atoms with Crippen LogP contribution in [0.5, 0.6) is 0 Å². The van der Waals surface area contributed by atoms with Crippen LogP contribution in [-0.4, -0.2) is 10.2 Å². The van der Waals surface area contributed by atoms with Crippen LogP contribution in [0.2, 0.25) is 0 Å². The zero-order chi connectivity index (χ0) is 9.26. The second-order valence-electron chi connectivity index (χ2n) is 2.72. The van der Waals surface area contributed by atoms with E-state index in [1.807, 2.05) is 12.1 Å². The molecule has 1 N–H and O–H groups in total. The van der Waals surface area contributed by atoms with Crippen LogP contribution < -0.4 is 0 Å². The number of thiophene rings is 1. The molecule has 0 fully saturated rings. The highest BCUT2D eigenvalue weighted by Crippen LogP contribution is 2.24. The van der Waals surface area contributed by atoms with E-state index in [2.05, 4.69) is 29.3 Å². The van der Waals surface area contributed by atoms with Gasteiger partial charge in [0, 0.05) is 4.88 Å². The first kappa shape index (κ1) is 8.59. The molecule has 0 spiro atoms. The van der Waals surface area contributed by atoms with E-state index in [1.54, 1.807) is 11.3 Å². The molecule has 0 unspecified atom stereocenters. The maximum atomic E-state index is 4.91. The van der Waals surface area contributed by atoms with Gasteiger partial charge in [-0.3, -0.25) is 5.10 Å². The van der Waals surface area contributed by atoms with E-state index in [9.17, 15) is 0 Å². The summed E-state index contributed by atoms with van der Waals surface area (Å²) in [4.78, 5) is 2.46. The van der Waals surface area contributed by atoms with E-state index in [1.165, 1.54) is 9.75 Å². The van der Waals surface area contributed by atoms with Gasteiger partial charge in [-0.2, -0.15) is 5.10 Å². The summed E-state index contributed by atoms with van der Waals surface area (Å²) in [6, 6.07) is 7.94. The lowest BCUT2D eigenvalue weighted by Gasteiger charge is -1.93. The number of aryl methyl sites for hydroxylation is 1. The standard InChI is InChI=1S/C9H8N2S2/c1-6-2-4-8(13-6)7-3-5-9(12)11-10-7/h2-5H,1H3,(H,11,12). The molecule has 0 aliphatic heterocycles. The average molecular weight is 208 g/mol. The Bertz CT molecular complexity index is 450. The first-order valence-corrected chi connectivity index (χ1v) is 5.11. The molecule has 0 bridgehead atoms. The molecule has 0 aliphatic rings. The van der Waals surface area contributed by atoms with Crippen LogP contribution in [0, 0.1) is 11.6 Å². The Kier molecular flexibility index (Phi) is 2.24. The first-order valence-electron chi connectivity index (χ1n) is 3.88. The van der Waals surface area contributed by atoms with Crippen molar-refractivity contribution in [3.63, 3.8) is 0 Å². The van der Waals surface area contributed by atoms with Gasteiger partial charge in [-0.25, -0.2) is 0 Å². The van der Waals surface area contributed by atoms with Crippen LogP contribution in [0.4, 0.5) is 0 Å². The molecule has 2 aromatic rings. The lowest BCUT2D eigenvalue weighted by molar-refractivity contribution is 1.03. The van der Waals surface area contributed by atoms with Crippen LogP contribution in [0.1, 0.15) is 4.88 Å². The van der Waals surface area contributed by atoms with Gasteiger partial charge in [-0.1, -0.05) is 12.2 Å². The van der Waals surface area contributed by atoms with Crippen LogP contribution >= 0.6 is 23.6 Å². The number of aromatic nitrogens is 2. The van der Waals surface area contributed by atoms with Crippen molar-refractivity contribution >= 4 is 23.6 Å². The normalized spacial score (nSPS) is 10.2. The Labute approximate surface area is 85.3 Å². The summed E-state index contributed by atoms with van der Waals surface area (Å²) in [6.45, 7) is 2.08. The third kappa shape index (κ3) is 1.84. The van der Waals surface area contributed by atoms with Crippen molar-refractivity contribution in [2.75, 3.05) is 0 Å². The number of nitrogens with one attached hydrogen (secondary N) is 1. The van der Waals surface area contributed by atoms with E-state index in [0.717, 1.165) is 5.69 Å². The van der Waals surface area contributed by atoms with Gasteiger partial charge in [-0.05, 0) is 31.2 Å². The third-order valence-electron chi connectivity index (χ3n) is 1.67. The molecule has 4 heteroatoms. The van der Waals surface area contributed by atoms with Crippen LogP contribution in [-0.2, 0) is 0 Å². The van der Waals surface area contributed by atoms with E-state index < -0.39 is 0 Å². The minimum absolute atomic E-state index is 0.664. The predicted molar refractivity (Wildman–Crippen MR) is 57.5 cm³/mol. The molecule has 2 aromatic heterocycles. The summed E-state index contributed by atoms with van der Waals surface area (Å²) in [5.74, 6) is 0. The lowest BCUT2D eigenvalue weighted by Crippen LogP contribution is -1.83. The molecule has 0 amide bonds. The van der Waals surface area contributed by atoms with Gasteiger partial charge in [-0.15, -0.1) is 11.3 Å². The number of nitrogens with zero attached hydrogens (tertiary/aromatic N) is 1. The number of H-pyrrole nitrogens is 1. The zero-order valence-corrected chi connectivity index (χ0v) is 8.71. The predicted octanol–water partition coefficient (Wildman–Crippen LogP) is 3.18. The first-order chi connectivity index (χ1) is 6.25. The molecule has 0 atom stereocenters. The van der Waals surface area contributed by atoms with Crippen molar-refractivity contribution in [3.8, 4) is 10.6 Å². The molecule has 2 rings (SSSR count). The molecule has 0 saturated heterocycles. The Morgan fingerprint density at radius 2 is 2.15 bits per heavy atom. The fraction of sp³-hybridized carbons (Fsp3) is 0.111. The summed E-state index contributed by atoms with van der Waals surface area (Å²) >= 11 is 6.64. The maximum absolute atomic E-state index is 4.91. The highest BCUT2D eigenvalue weighted by atomic mass is 32.1. The SMILES string of the molecule is Cc1ccc(-c2ccc(=S)[nH]n2)s1. The monoisotopic (exact) mass is 208 g/mol. The molecule has 0 radical (unpaired) electrons. The summed E-state index contributed by atoms with van der Waals surface area (Å²) < 4.78 is 0.664. The Balaban J connectivity index is 2.47. The smallest absolute Gasteiger partial charge is 0.119 e. The van der Waals surface area contributed by atoms with E-state index in [0.29, 0.717) is 4.64 Å². The number of hydrogen-bond acceptors (Lipinski definition) is 3. The molecular formula is C9H8N2S2. The quantitative estimate of drug-likeness (QED) is 0.729. The fourth-order valence-electron chi connectivity index (χ4n) is 1.05. The Morgan fingerprint density at radius 3 is 2.69 bits per heavy atom. The second-order valence-corrected chi connectivity index (χ2v) is 4.44. The second kappa shape index (κ2) is 3.40. The van der Waals surface area contributed by atoms with Crippen LogP contribution in [0.15, 0.2) is 24.3 Å². The van der Waals surface area contributed by atoms with Gasteiger partial charge in [0.1, 0.15) is 10.3 Å². The van der Waals surface area contributed by atoms with Crippen molar-refractivity contribution in [2.45, 2.75) is 6.92 Å². The van der Waals surface area contributed by atoms with Crippen LogP contribution in [0.25, 0.3) is 10.6 Å². The molecule has 2 heterocycles. The fourth-order valence-corrected chi connectivity index (χ4v) is 2.00. The molecule has 0 saturated carbocycles. The summed E-state index contributed by atoms with van der Waals surface area (Å²) in [6.07, 6.45) is 0. The Morgan fingerprint density at radius 1 is 1.31 bits per heavy atom. The van der Waals surface area contributed by atoms with Gasteiger partial charge in [0.25, 0.3) is 0 Å². The summed E-state index contributed by atoms with van der Waals surface area (Å²) in [7, 11) is 0. The molecule has 0 aliphatic carbocycles. The lowest BCUT2D eigenvalue weighted by atomic mass is 10.3. The van der Waals surface area contributed by atoms with Crippen molar-refractivity contribution < 1.29 is 0 Å².